The molecule has 43 heavy (non-hydrogen) atoms. The highest BCUT2D eigenvalue weighted by molar-refractivity contribution is 7.94. The van der Waals surface area contributed by atoms with Crippen LogP contribution in [0.15, 0.2) is 36.3 Å². The molecule has 6 N–H and O–H groups in total. The highest BCUT2D eigenvalue weighted by Gasteiger charge is 2.28. The maximum absolute atomic E-state index is 13.2. The van der Waals surface area contributed by atoms with Crippen LogP contribution in [0.1, 0.15) is 71.3 Å². The zero-order chi connectivity index (χ0) is 32.4. The lowest BCUT2D eigenvalue weighted by Crippen LogP contribution is -2.54. The number of unbranched alkanes of at least 4 members (excludes halogenated alkanes) is 2. The predicted octanol–water partition coefficient (Wildman–Crippen LogP) is 2.27. The van der Waals surface area contributed by atoms with Crippen molar-refractivity contribution in [2.24, 2.45) is 11.7 Å². The molecule has 13 nitrogen and oxygen atoms in total. The van der Waals surface area contributed by atoms with Gasteiger partial charge in [0.05, 0.1) is 5.75 Å². The van der Waals surface area contributed by atoms with Crippen LogP contribution in [0.3, 0.4) is 0 Å². The number of ether oxygens (including phenoxy) is 1. The van der Waals surface area contributed by atoms with Crippen LogP contribution < -0.4 is 27.0 Å². The van der Waals surface area contributed by atoms with Gasteiger partial charge in [0.25, 0.3) is 0 Å². The van der Waals surface area contributed by atoms with Gasteiger partial charge in [0, 0.05) is 30.5 Å². The van der Waals surface area contributed by atoms with Gasteiger partial charge in [0.1, 0.15) is 18.7 Å². The molecule has 0 radical (unpaired) electrons. The number of sulfone groups is 1. The smallest absolute Gasteiger partial charge is 0.312 e. The molecule has 0 spiro atoms. The number of rotatable bonds is 20. The van der Waals surface area contributed by atoms with E-state index in [1.807, 2.05) is 0 Å². The number of hydrogen-bond donors (Lipinski definition) is 5. The Morgan fingerprint density at radius 1 is 0.977 bits per heavy atom. The summed E-state index contributed by atoms with van der Waals surface area (Å²) in [4.78, 5) is 61.4. The van der Waals surface area contributed by atoms with Gasteiger partial charge in [0.15, 0.2) is 9.84 Å². The van der Waals surface area contributed by atoms with Crippen LogP contribution >= 0.6 is 0 Å². The minimum atomic E-state index is -3.29. The van der Waals surface area contributed by atoms with Gasteiger partial charge in [-0.2, -0.15) is 0 Å². The van der Waals surface area contributed by atoms with Crippen molar-refractivity contribution in [1.82, 2.24) is 16.0 Å². The molecule has 0 unspecified atom stereocenters. The predicted molar refractivity (Wildman–Crippen MR) is 163 cm³/mol. The fourth-order valence-electron chi connectivity index (χ4n) is 3.86. The normalized spacial score (nSPS) is 12.5. The van der Waals surface area contributed by atoms with Gasteiger partial charge in [-0.25, -0.2) is 13.2 Å². The number of amides is 5. The summed E-state index contributed by atoms with van der Waals surface area (Å²) in [7, 11) is -3.29. The Labute approximate surface area is 253 Å². The standard InChI is InChI=1S/C29H45N5O8S/c1-5-25(36)42-19-21-13-15-22(16-14-21)32-27(37)23(11-10-17-31-29(30)39)33-28(38)26(20(3)4)34-24(35)12-8-7-9-18-43(40,41)6-2/h6,13-16,20,23,26H,2,5,7-12,17-19H2,1,3-4H3,(H,32,37)(H,33,38)(H,34,35)(H3,30,31,39)/t23-,26-/m1/s1. The van der Waals surface area contributed by atoms with E-state index in [4.69, 9.17) is 10.5 Å². The van der Waals surface area contributed by atoms with Gasteiger partial charge < -0.3 is 31.7 Å². The molecule has 14 heteroatoms. The van der Waals surface area contributed by atoms with Gasteiger partial charge in [-0.15, -0.1) is 0 Å². The molecule has 240 valence electrons. The molecular weight excluding hydrogens is 578 g/mol. The quantitative estimate of drug-likeness (QED) is 0.107. The molecule has 0 bridgehead atoms. The molecule has 0 heterocycles. The van der Waals surface area contributed by atoms with Crippen molar-refractivity contribution in [1.29, 1.82) is 0 Å². The topological polar surface area (TPSA) is 203 Å². The van der Waals surface area contributed by atoms with Crippen LogP contribution in [0.5, 0.6) is 0 Å². The molecule has 1 aromatic rings. The number of carbonyl (C=O) groups excluding carboxylic acids is 5. The third-order valence-corrected chi connectivity index (χ3v) is 7.73. The lowest BCUT2D eigenvalue weighted by molar-refractivity contribution is -0.144. The Morgan fingerprint density at radius 3 is 2.23 bits per heavy atom. The number of nitrogens with one attached hydrogen (secondary N) is 4. The van der Waals surface area contributed by atoms with E-state index in [1.165, 1.54) is 0 Å². The molecule has 0 saturated heterocycles. The van der Waals surface area contributed by atoms with Gasteiger partial charge in [-0.05, 0) is 49.3 Å². The van der Waals surface area contributed by atoms with Crippen molar-refractivity contribution in [3.05, 3.63) is 41.8 Å². The van der Waals surface area contributed by atoms with Gasteiger partial charge in [0.2, 0.25) is 17.7 Å². The number of esters is 1. The summed E-state index contributed by atoms with van der Waals surface area (Å²) in [6, 6.07) is 4.07. The largest absolute Gasteiger partial charge is 0.461 e. The molecule has 5 amide bonds. The molecule has 2 atom stereocenters. The number of carbonyl (C=O) groups is 5. The first-order chi connectivity index (χ1) is 20.3. The first-order valence-corrected chi connectivity index (χ1v) is 16.0. The maximum Gasteiger partial charge on any atom is 0.312 e. The number of nitrogens with two attached hydrogens (primary N) is 1. The van der Waals surface area contributed by atoms with E-state index in [0.717, 1.165) is 11.0 Å². The second-order valence-corrected chi connectivity index (χ2v) is 12.4. The van der Waals surface area contributed by atoms with Crippen LogP contribution in [0.2, 0.25) is 0 Å². The summed E-state index contributed by atoms with van der Waals surface area (Å²) >= 11 is 0. The van der Waals surface area contributed by atoms with E-state index < -0.39 is 39.8 Å². The summed E-state index contributed by atoms with van der Waals surface area (Å²) in [5, 5.41) is 11.5. The van der Waals surface area contributed by atoms with E-state index in [9.17, 15) is 32.4 Å². The number of primary amides is 1. The fraction of sp³-hybridized carbons (Fsp3) is 0.552. The molecule has 0 aromatic heterocycles. The first-order valence-electron chi connectivity index (χ1n) is 14.3. The Hall–Kier alpha value is -3.94. The Balaban J connectivity index is 2.82. The highest BCUT2D eigenvalue weighted by Crippen LogP contribution is 2.13. The zero-order valence-corrected chi connectivity index (χ0v) is 26.0. The van der Waals surface area contributed by atoms with Crippen molar-refractivity contribution >= 4 is 45.2 Å². The van der Waals surface area contributed by atoms with E-state index >= 15 is 0 Å². The van der Waals surface area contributed by atoms with Gasteiger partial charge in [-0.3, -0.25) is 19.2 Å². The van der Waals surface area contributed by atoms with Crippen molar-refractivity contribution in [3.8, 4) is 0 Å². The second-order valence-electron chi connectivity index (χ2n) is 10.3. The van der Waals surface area contributed by atoms with Crippen LogP contribution in [0.4, 0.5) is 10.5 Å². The van der Waals surface area contributed by atoms with E-state index in [-0.39, 0.29) is 56.0 Å². The van der Waals surface area contributed by atoms with Crippen LogP contribution in [0.25, 0.3) is 0 Å². The Kier molecular flexibility index (Phi) is 16.6. The monoisotopic (exact) mass is 623 g/mol. The summed E-state index contributed by atoms with van der Waals surface area (Å²) in [5.41, 5.74) is 6.30. The minimum Gasteiger partial charge on any atom is -0.461 e. The number of benzene rings is 1. The molecule has 0 aliphatic rings. The number of anilines is 1. The van der Waals surface area contributed by atoms with E-state index in [1.54, 1.807) is 45.0 Å². The average molecular weight is 624 g/mol. The van der Waals surface area contributed by atoms with Crippen molar-refractivity contribution in [3.63, 3.8) is 0 Å². The Morgan fingerprint density at radius 2 is 1.65 bits per heavy atom. The third kappa shape index (κ3) is 15.7. The van der Waals surface area contributed by atoms with E-state index in [2.05, 4.69) is 27.8 Å². The summed E-state index contributed by atoms with van der Waals surface area (Å²) in [6.45, 7) is 8.78. The lowest BCUT2D eigenvalue weighted by Gasteiger charge is -2.25. The third-order valence-electron chi connectivity index (χ3n) is 6.36. The van der Waals surface area contributed by atoms with Crippen molar-refractivity contribution in [2.45, 2.75) is 84.4 Å². The average Bonchev–Trinajstić information content (AvgIpc) is 2.96. The van der Waals surface area contributed by atoms with Gasteiger partial charge in [-0.1, -0.05) is 45.9 Å². The molecular formula is C29H45N5O8S. The Bertz CT molecular complexity index is 1200. The van der Waals surface area contributed by atoms with Crippen LogP contribution in [-0.4, -0.2) is 62.5 Å². The number of hydrogen-bond acceptors (Lipinski definition) is 8. The molecule has 1 aromatic carbocycles. The summed E-state index contributed by atoms with van der Waals surface area (Å²) in [6.07, 6.45) is 2.25. The highest BCUT2D eigenvalue weighted by atomic mass is 32.2. The first kappa shape index (κ1) is 37.1. The van der Waals surface area contributed by atoms with Gasteiger partial charge >= 0.3 is 12.0 Å². The molecule has 0 fully saturated rings. The molecule has 0 aliphatic carbocycles. The molecule has 0 saturated carbocycles. The summed E-state index contributed by atoms with van der Waals surface area (Å²) in [5.74, 6) is -2.06. The number of urea groups is 1. The SMILES string of the molecule is C=CS(=O)(=O)CCCCCC(=O)N[C@@H](C(=O)N[C@H](CCCNC(N)=O)C(=O)Nc1ccc(COC(=O)CC)cc1)C(C)C. The fourth-order valence-corrected chi connectivity index (χ4v) is 4.63. The van der Waals surface area contributed by atoms with Crippen LogP contribution in [0, 0.1) is 5.92 Å². The van der Waals surface area contributed by atoms with Crippen molar-refractivity contribution in [2.75, 3.05) is 17.6 Å². The molecule has 0 aliphatic heterocycles. The second kappa shape index (κ2) is 19.3. The van der Waals surface area contributed by atoms with Crippen molar-refractivity contribution < 1.29 is 37.1 Å². The maximum atomic E-state index is 13.2. The minimum absolute atomic E-state index is 0.0356. The molecule has 1 rings (SSSR count). The van der Waals surface area contributed by atoms with E-state index in [0.29, 0.717) is 31.4 Å². The summed E-state index contributed by atoms with van der Waals surface area (Å²) < 4.78 is 28.1. The van der Waals surface area contributed by atoms with Crippen LogP contribution in [-0.2, 0) is 40.4 Å². The lowest BCUT2D eigenvalue weighted by atomic mass is 10.0. The zero-order valence-electron chi connectivity index (χ0n) is 25.1.